The summed E-state index contributed by atoms with van der Waals surface area (Å²) in [6, 6.07) is 3.86. The Balaban J connectivity index is 2.12. The number of ether oxygens (including phenoxy) is 2. The Morgan fingerprint density at radius 3 is 2.89 bits per heavy atom. The average molecular weight is 249 g/mol. The van der Waals surface area contributed by atoms with E-state index in [1.54, 1.807) is 7.11 Å². The van der Waals surface area contributed by atoms with Gasteiger partial charge < -0.3 is 9.47 Å². The number of nitrogens with zero attached hydrogens (tertiary/aromatic N) is 3. The summed E-state index contributed by atoms with van der Waals surface area (Å²) in [5, 5.41) is 5.45. The van der Waals surface area contributed by atoms with Crippen molar-refractivity contribution in [3.8, 4) is 5.88 Å². The SMILES string of the molecule is COCCCn1cc2ccc(OC(C)C)nc2n1. The van der Waals surface area contributed by atoms with E-state index in [0.29, 0.717) is 5.88 Å². The first-order chi connectivity index (χ1) is 8.69. The highest BCUT2D eigenvalue weighted by atomic mass is 16.5. The van der Waals surface area contributed by atoms with Crippen molar-refractivity contribution < 1.29 is 9.47 Å². The smallest absolute Gasteiger partial charge is 0.215 e. The van der Waals surface area contributed by atoms with Crippen LogP contribution < -0.4 is 4.74 Å². The molecule has 0 saturated heterocycles. The van der Waals surface area contributed by atoms with Crippen molar-refractivity contribution in [2.24, 2.45) is 0 Å². The number of hydrogen-bond acceptors (Lipinski definition) is 4. The molecular weight excluding hydrogens is 230 g/mol. The molecule has 0 spiro atoms. The van der Waals surface area contributed by atoms with Crippen molar-refractivity contribution in [1.29, 1.82) is 0 Å². The van der Waals surface area contributed by atoms with Crippen LogP contribution in [-0.2, 0) is 11.3 Å². The molecule has 2 rings (SSSR count). The Kier molecular flexibility index (Phi) is 4.15. The van der Waals surface area contributed by atoms with Crippen LogP contribution >= 0.6 is 0 Å². The fourth-order valence-electron chi connectivity index (χ4n) is 1.73. The molecule has 2 aromatic heterocycles. The molecule has 0 fully saturated rings. The summed E-state index contributed by atoms with van der Waals surface area (Å²) in [7, 11) is 1.71. The number of methoxy groups -OCH3 is 1. The lowest BCUT2D eigenvalue weighted by atomic mass is 10.3. The molecule has 0 aliphatic rings. The second kappa shape index (κ2) is 5.82. The average Bonchev–Trinajstić information content (AvgIpc) is 2.70. The zero-order valence-corrected chi connectivity index (χ0v) is 11.1. The summed E-state index contributed by atoms with van der Waals surface area (Å²) < 4.78 is 12.5. The van der Waals surface area contributed by atoms with Crippen LogP contribution in [0.25, 0.3) is 11.0 Å². The molecule has 0 aromatic carbocycles. The van der Waals surface area contributed by atoms with Crippen molar-refractivity contribution >= 4 is 11.0 Å². The first-order valence-electron chi connectivity index (χ1n) is 6.19. The first-order valence-corrected chi connectivity index (χ1v) is 6.19. The van der Waals surface area contributed by atoms with E-state index in [1.165, 1.54) is 0 Å². The summed E-state index contributed by atoms with van der Waals surface area (Å²) in [5.74, 6) is 0.625. The van der Waals surface area contributed by atoms with E-state index < -0.39 is 0 Å². The standard InChI is InChI=1S/C13H19N3O2/c1-10(2)18-12-6-5-11-9-16(7-4-8-17-3)15-13(11)14-12/h5-6,9-10H,4,7-8H2,1-3H3. The van der Waals surface area contributed by atoms with Gasteiger partial charge in [-0.3, -0.25) is 4.68 Å². The number of hydrogen-bond donors (Lipinski definition) is 0. The zero-order chi connectivity index (χ0) is 13.0. The minimum absolute atomic E-state index is 0.124. The maximum absolute atomic E-state index is 5.55. The molecule has 0 atom stereocenters. The fourth-order valence-corrected chi connectivity index (χ4v) is 1.73. The number of aromatic nitrogens is 3. The van der Waals surface area contributed by atoms with Crippen molar-refractivity contribution in [2.45, 2.75) is 32.9 Å². The highest BCUT2D eigenvalue weighted by Gasteiger charge is 2.05. The highest BCUT2D eigenvalue weighted by Crippen LogP contribution is 2.16. The number of fused-ring (bicyclic) bond motifs is 1. The molecule has 0 radical (unpaired) electrons. The Morgan fingerprint density at radius 1 is 1.33 bits per heavy atom. The van der Waals surface area contributed by atoms with Crippen LogP contribution in [0.2, 0.25) is 0 Å². The Bertz CT molecular complexity index is 508. The quantitative estimate of drug-likeness (QED) is 0.737. The van der Waals surface area contributed by atoms with E-state index in [2.05, 4.69) is 10.1 Å². The molecule has 0 saturated carbocycles. The molecule has 0 aliphatic heterocycles. The minimum atomic E-state index is 0.124. The van der Waals surface area contributed by atoms with Crippen LogP contribution in [0.4, 0.5) is 0 Å². The lowest BCUT2D eigenvalue weighted by Gasteiger charge is -2.07. The molecular formula is C13H19N3O2. The van der Waals surface area contributed by atoms with E-state index in [-0.39, 0.29) is 6.10 Å². The Labute approximate surface area is 107 Å². The predicted octanol–water partition coefficient (Wildman–Crippen LogP) is 2.25. The van der Waals surface area contributed by atoms with Crippen LogP contribution in [0, 0.1) is 0 Å². The predicted molar refractivity (Wildman–Crippen MR) is 69.8 cm³/mol. The Morgan fingerprint density at radius 2 is 2.17 bits per heavy atom. The molecule has 0 bridgehead atoms. The number of rotatable bonds is 6. The van der Waals surface area contributed by atoms with Crippen molar-refractivity contribution in [3.05, 3.63) is 18.3 Å². The summed E-state index contributed by atoms with van der Waals surface area (Å²) in [6.45, 7) is 5.54. The van der Waals surface area contributed by atoms with Gasteiger partial charge in [0.25, 0.3) is 0 Å². The number of aryl methyl sites for hydroxylation is 1. The van der Waals surface area contributed by atoms with Gasteiger partial charge in [-0.1, -0.05) is 0 Å². The fraction of sp³-hybridized carbons (Fsp3) is 0.538. The van der Waals surface area contributed by atoms with Gasteiger partial charge in [0, 0.05) is 37.9 Å². The summed E-state index contributed by atoms with van der Waals surface area (Å²) in [4.78, 5) is 4.38. The van der Waals surface area contributed by atoms with E-state index in [4.69, 9.17) is 9.47 Å². The molecule has 0 amide bonds. The van der Waals surface area contributed by atoms with Crippen LogP contribution in [0.5, 0.6) is 5.88 Å². The molecule has 5 heteroatoms. The van der Waals surface area contributed by atoms with Crippen LogP contribution in [0.15, 0.2) is 18.3 Å². The van der Waals surface area contributed by atoms with E-state index >= 15 is 0 Å². The van der Waals surface area contributed by atoms with Gasteiger partial charge in [0.05, 0.1) is 6.10 Å². The molecule has 2 heterocycles. The molecule has 98 valence electrons. The van der Waals surface area contributed by atoms with Crippen molar-refractivity contribution in [3.63, 3.8) is 0 Å². The third kappa shape index (κ3) is 3.20. The Hall–Kier alpha value is -1.62. The lowest BCUT2D eigenvalue weighted by Crippen LogP contribution is -2.06. The summed E-state index contributed by atoms with van der Waals surface area (Å²) in [5.41, 5.74) is 0.727. The third-order valence-electron chi connectivity index (χ3n) is 2.48. The monoisotopic (exact) mass is 249 g/mol. The van der Waals surface area contributed by atoms with E-state index in [0.717, 1.165) is 30.6 Å². The van der Waals surface area contributed by atoms with Gasteiger partial charge in [0.1, 0.15) is 0 Å². The van der Waals surface area contributed by atoms with Gasteiger partial charge in [0.2, 0.25) is 5.88 Å². The maximum Gasteiger partial charge on any atom is 0.215 e. The van der Waals surface area contributed by atoms with Gasteiger partial charge in [-0.15, -0.1) is 0 Å². The minimum Gasteiger partial charge on any atom is -0.475 e. The zero-order valence-electron chi connectivity index (χ0n) is 11.1. The largest absolute Gasteiger partial charge is 0.475 e. The normalized spacial score (nSPS) is 11.3. The first kappa shape index (κ1) is 12.8. The molecule has 18 heavy (non-hydrogen) atoms. The summed E-state index contributed by atoms with van der Waals surface area (Å²) in [6.07, 6.45) is 3.07. The van der Waals surface area contributed by atoms with Gasteiger partial charge in [-0.2, -0.15) is 10.1 Å². The molecule has 2 aromatic rings. The van der Waals surface area contributed by atoms with Gasteiger partial charge in [-0.05, 0) is 26.3 Å². The van der Waals surface area contributed by atoms with E-state index in [9.17, 15) is 0 Å². The number of pyridine rings is 1. The van der Waals surface area contributed by atoms with Crippen molar-refractivity contribution in [2.75, 3.05) is 13.7 Å². The highest BCUT2D eigenvalue weighted by molar-refractivity contribution is 5.74. The lowest BCUT2D eigenvalue weighted by molar-refractivity contribution is 0.189. The third-order valence-corrected chi connectivity index (χ3v) is 2.48. The maximum atomic E-state index is 5.55. The molecule has 5 nitrogen and oxygen atoms in total. The molecule has 0 aliphatic carbocycles. The van der Waals surface area contributed by atoms with Crippen molar-refractivity contribution in [1.82, 2.24) is 14.8 Å². The van der Waals surface area contributed by atoms with Crippen LogP contribution in [0.3, 0.4) is 0 Å². The second-order valence-corrected chi connectivity index (χ2v) is 4.47. The van der Waals surface area contributed by atoms with Gasteiger partial charge in [-0.25, -0.2) is 0 Å². The van der Waals surface area contributed by atoms with E-state index in [1.807, 2.05) is 36.9 Å². The summed E-state index contributed by atoms with van der Waals surface area (Å²) >= 11 is 0. The topological polar surface area (TPSA) is 49.2 Å². The molecule has 0 N–H and O–H groups in total. The molecule has 0 unspecified atom stereocenters. The van der Waals surface area contributed by atoms with Crippen LogP contribution in [0.1, 0.15) is 20.3 Å². The van der Waals surface area contributed by atoms with Gasteiger partial charge in [0.15, 0.2) is 5.65 Å². The van der Waals surface area contributed by atoms with Crippen LogP contribution in [-0.4, -0.2) is 34.6 Å². The van der Waals surface area contributed by atoms with Gasteiger partial charge >= 0.3 is 0 Å². The second-order valence-electron chi connectivity index (χ2n) is 4.47.